The molecule has 0 radical (unpaired) electrons. The third-order valence-electron chi connectivity index (χ3n) is 3.74. The Hall–Kier alpha value is -2.79. The molecule has 0 aliphatic rings. The monoisotopic (exact) mass is 357 g/mol. The van der Waals surface area contributed by atoms with E-state index in [1.54, 1.807) is 25.3 Å². The Labute approximate surface area is 150 Å². The van der Waals surface area contributed by atoms with Crippen molar-refractivity contribution in [2.75, 3.05) is 14.2 Å². The molecule has 3 rings (SSSR count). The molecule has 6 heteroatoms. The molecule has 0 spiro atoms. The van der Waals surface area contributed by atoms with Gasteiger partial charge in [0.15, 0.2) is 0 Å². The fraction of sp³-hybridized carbons (Fsp3) is 0.158. The Morgan fingerprint density at radius 2 is 1.88 bits per heavy atom. The van der Waals surface area contributed by atoms with Crippen molar-refractivity contribution in [1.29, 1.82) is 0 Å². The zero-order valence-corrected chi connectivity index (χ0v) is 14.5. The maximum absolute atomic E-state index is 12.4. The second-order valence-corrected chi connectivity index (χ2v) is 5.63. The molecule has 1 heterocycles. The molecule has 2 aromatic carbocycles. The zero-order chi connectivity index (χ0) is 17.8. The summed E-state index contributed by atoms with van der Waals surface area (Å²) in [5, 5.41) is 1.24. The van der Waals surface area contributed by atoms with E-state index in [-0.39, 0.29) is 6.61 Å². The number of carbonyl (C=O) groups excluding carboxylic acids is 1. The Bertz CT molecular complexity index is 926. The summed E-state index contributed by atoms with van der Waals surface area (Å²) in [6.45, 7) is 0.0185. The molecule has 25 heavy (non-hydrogen) atoms. The minimum atomic E-state index is -0.510. The standard InChI is InChI=1S/C19H16ClNO4/c1-23-14-7-8-15(17(10-14)24-2)19(22)25-11-13-9-12-5-3-4-6-16(12)21-18(13)20/h3-10H,11H2,1-2H3. The van der Waals surface area contributed by atoms with Crippen molar-refractivity contribution in [3.8, 4) is 11.5 Å². The SMILES string of the molecule is COc1ccc(C(=O)OCc2cc3ccccc3nc2Cl)c(OC)c1. The Morgan fingerprint density at radius 1 is 1.08 bits per heavy atom. The molecule has 0 saturated heterocycles. The van der Waals surface area contributed by atoms with E-state index < -0.39 is 5.97 Å². The van der Waals surface area contributed by atoms with Gasteiger partial charge in [0.2, 0.25) is 0 Å². The summed E-state index contributed by atoms with van der Waals surface area (Å²) in [5.41, 5.74) is 1.74. The van der Waals surface area contributed by atoms with E-state index in [0.717, 1.165) is 10.9 Å². The van der Waals surface area contributed by atoms with E-state index in [1.165, 1.54) is 7.11 Å². The molecule has 0 unspecified atom stereocenters. The van der Waals surface area contributed by atoms with Crippen LogP contribution in [-0.4, -0.2) is 25.2 Å². The van der Waals surface area contributed by atoms with Gasteiger partial charge in [0, 0.05) is 17.0 Å². The van der Waals surface area contributed by atoms with Crippen molar-refractivity contribution < 1.29 is 19.0 Å². The Balaban J connectivity index is 1.79. The van der Waals surface area contributed by atoms with Crippen LogP contribution in [0.5, 0.6) is 11.5 Å². The van der Waals surface area contributed by atoms with Crippen molar-refractivity contribution in [2.24, 2.45) is 0 Å². The quantitative estimate of drug-likeness (QED) is 0.504. The van der Waals surface area contributed by atoms with Crippen LogP contribution in [0.1, 0.15) is 15.9 Å². The molecule has 0 fully saturated rings. The molecule has 0 atom stereocenters. The number of nitrogens with zero attached hydrogens (tertiary/aromatic N) is 1. The molecule has 5 nitrogen and oxygen atoms in total. The normalized spacial score (nSPS) is 10.5. The van der Waals surface area contributed by atoms with Crippen LogP contribution in [0, 0.1) is 0 Å². The fourth-order valence-corrected chi connectivity index (χ4v) is 2.63. The lowest BCUT2D eigenvalue weighted by Crippen LogP contribution is -2.08. The van der Waals surface area contributed by atoms with E-state index in [1.807, 2.05) is 30.3 Å². The molecule has 1 aromatic heterocycles. The van der Waals surface area contributed by atoms with Gasteiger partial charge >= 0.3 is 5.97 Å². The lowest BCUT2D eigenvalue weighted by atomic mass is 10.1. The predicted octanol–water partition coefficient (Wildman–Crippen LogP) is 4.26. The number of hydrogen-bond donors (Lipinski definition) is 0. The predicted molar refractivity (Wildman–Crippen MR) is 95.4 cm³/mol. The van der Waals surface area contributed by atoms with Gasteiger partial charge in [-0.1, -0.05) is 29.8 Å². The molecular formula is C19H16ClNO4. The third-order valence-corrected chi connectivity index (χ3v) is 4.06. The summed E-state index contributed by atoms with van der Waals surface area (Å²) in [7, 11) is 3.02. The fourth-order valence-electron chi connectivity index (χ4n) is 2.43. The molecule has 0 saturated carbocycles. The van der Waals surface area contributed by atoms with Crippen molar-refractivity contribution in [2.45, 2.75) is 6.61 Å². The number of carbonyl (C=O) groups is 1. The maximum Gasteiger partial charge on any atom is 0.342 e. The Kier molecular flexibility index (Phi) is 5.05. The topological polar surface area (TPSA) is 57.7 Å². The lowest BCUT2D eigenvalue weighted by Gasteiger charge is -2.11. The van der Waals surface area contributed by atoms with Crippen LogP contribution in [0.3, 0.4) is 0 Å². The van der Waals surface area contributed by atoms with Crippen molar-refractivity contribution in [3.63, 3.8) is 0 Å². The molecule has 0 aliphatic heterocycles. The van der Waals surface area contributed by atoms with Crippen molar-refractivity contribution >= 4 is 28.5 Å². The molecule has 3 aromatic rings. The number of halogens is 1. The van der Waals surface area contributed by atoms with Crippen LogP contribution < -0.4 is 9.47 Å². The van der Waals surface area contributed by atoms with E-state index in [2.05, 4.69) is 4.98 Å². The average molecular weight is 358 g/mol. The largest absolute Gasteiger partial charge is 0.497 e. The molecular weight excluding hydrogens is 342 g/mol. The highest BCUT2D eigenvalue weighted by Gasteiger charge is 2.16. The van der Waals surface area contributed by atoms with Gasteiger partial charge in [0.25, 0.3) is 0 Å². The second kappa shape index (κ2) is 7.40. The third kappa shape index (κ3) is 3.67. The number of fused-ring (bicyclic) bond motifs is 1. The average Bonchev–Trinajstić information content (AvgIpc) is 2.65. The molecule has 0 bridgehead atoms. The number of esters is 1. The summed E-state index contributed by atoms with van der Waals surface area (Å²) in [6.07, 6.45) is 0. The minimum Gasteiger partial charge on any atom is -0.497 e. The van der Waals surface area contributed by atoms with Gasteiger partial charge in [-0.15, -0.1) is 0 Å². The van der Waals surface area contributed by atoms with Crippen molar-refractivity contribution in [1.82, 2.24) is 4.98 Å². The summed E-state index contributed by atoms with van der Waals surface area (Å²) in [4.78, 5) is 16.7. The van der Waals surface area contributed by atoms with Crippen LogP contribution in [-0.2, 0) is 11.3 Å². The van der Waals surface area contributed by atoms with E-state index in [0.29, 0.717) is 27.8 Å². The highest BCUT2D eigenvalue weighted by atomic mass is 35.5. The highest BCUT2D eigenvalue weighted by molar-refractivity contribution is 6.30. The molecule has 0 amide bonds. The first kappa shape index (κ1) is 17.0. The molecule has 128 valence electrons. The van der Waals surface area contributed by atoms with Gasteiger partial charge in [-0.05, 0) is 24.3 Å². The first-order chi connectivity index (χ1) is 12.1. The van der Waals surface area contributed by atoms with E-state index in [9.17, 15) is 4.79 Å². The maximum atomic E-state index is 12.4. The Morgan fingerprint density at radius 3 is 2.64 bits per heavy atom. The van der Waals surface area contributed by atoms with Crippen LogP contribution in [0.25, 0.3) is 10.9 Å². The number of methoxy groups -OCH3 is 2. The van der Waals surface area contributed by atoms with Gasteiger partial charge in [-0.2, -0.15) is 0 Å². The van der Waals surface area contributed by atoms with Crippen LogP contribution >= 0.6 is 11.6 Å². The highest BCUT2D eigenvalue weighted by Crippen LogP contribution is 2.26. The lowest BCUT2D eigenvalue weighted by molar-refractivity contribution is 0.0469. The van der Waals surface area contributed by atoms with Crippen LogP contribution in [0.4, 0.5) is 0 Å². The zero-order valence-electron chi connectivity index (χ0n) is 13.8. The number of aromatic nitrogens is 1. The number of benzene rings is 2. The summed E-state index contributed by atoms with van der Waals surface area (Å²) in [6, 6.07) is 14.4. The summed E-state index contributed by atoms with van der Waals surface area (Å²) >= 11 is 6.19. The number of hydrogen-bond acceptors (Lipinski definition) is 5. The van der Waals surface area contributed by atoms with Gasteiger partial charge in [-0.25, -0.2) is 9.78 Å². The van der Waals surface area contributed by atoms with Crippen molar-refractivity contribution in [3.05, 3.63) is 64.8 Å². The molecule has 0 N–H and O–H groups in total. The van der Waals surface area contributed by atoms with Crippen LogP contribution in [0.15, 0.2) is 48.5 Å². The van der Waals surface area contributed by atoms with E-state index in [4.69, 9.17) is 25.8 Å². The van der Waals surface area contributed by atoms with Crippen LogP contribution in [0.2, 0.25) is 5.15 Å². The van der Waals surface area contributed by atoms with Gasteiger partial charge < -0.3 is 14.2 Å². The van der Waals surface area contributed by atoms with Gasteiger partial charge in [-0.3, -0.25) is 0 Å². The molecule has 0 aliphatic carbocycles. The summed E-state index contributed by atoms with van der Waals surface area (Å²) < 4.78 is 15.7. The van der Waals surface area contributed by atoms with E-state index >= 15 is 0 Å². The number of ether oxygens (including phenoxy) is 3. The number of pyridine rings is 1. The first-order valence-electron chi connectivity index (χ1n) is 7.55. The second-order valence-electron chi connectivity index (χ2n) is 5.27. The summed E-state index contributed by atoms with van der Waals surface area (Å²) in [5.74, 6) is 0.464. The number of rotatable bonds is 5. The smallest absolute Gasteiger partial charge is 0.342 e. The number of para-hydroxylation sites is 1. The minimum absolute atomic E-state index is 0.0185. The first-order valence-corrected chi connectivity index (χ1v) is 7.93. The van der Waals surface area contributed by atoms with Gasteiger partial charge in [0.1, 0.15) is 28.8 Å². The van der Waals surface area contributed by atoms with Gasteiger partial charge in [0.05, 0.1) is 19.7 Å².